The lowest BCUT2D eigenvalue weighted by atomic mass is 9.73. The summed E-state index contributed by atoms with van der Waals surface area (Å²) in [5.41, 5.74) is 4.98. The number of carbonyl (C=O) groups is 1. The number of hydrogen-bond donors (Lipinski definition) is 0. The van der Waals surface area contributed by atoms with Crippen LogP contribution in [0.2, 0.25) is 0 Å². The molecule has 1 saturated carbocycles. The second-order valence-corrected chi connectivity index (χ2v) is 8.28. The number of benzene rings is 2. The predicted octanol–water partition coefficient (Wildman–Crippen LogP) is 4.77. The van der Waals surface area contributed by atoms with Crippen LogP contribution in [0.25, 0.3) is 0 Å². The summed E-state index contributed by atoms with van der Waals surface area (Å²) in [6.45, 7) is 1.96. The molecule has 142 valence electrons. The molecule has 0 aromatic heterocycles. The van der Waals surface area contributed by atoms with Crippen LogP contribution >= 0.6 is 0 Å². The van der Waals surface area contributed by atoms with E-state index in [1.807, 2.05) is 43.3 Å². The standard InChI is InChI=1S/C24H25N3O/c1-17-21(23(28)27(26-17)19-11-4-2-5-12-19)22-20-13-7-6-10-18(20)16-24(25-22)14-8-3-9-15-24/h2,4-7,10-13,21H,3,8-9,14-16H2,1H3/t21-/m0/s1. The normalized spacial score (nSPS) is 23.4. The van der Waals surface area contributed by atoms with Crippen molar-refractivity contribution in [1.29, 1.82) is 0 Å². The summed E-state index contributed by atoms with van der Waals surface area (Å²) in [6.07, 6.45) is 6.96. The van der Waals surface area contributed by atoms with Crippen molar-refractivity contribution in [3.05, 3.63) is 65.7 Å². The monoisotopic (exact) mass is 371 g/mol. The van der Waals surface area contributed by atoms with Crippen molar-refractivity contribution in [3.63, 3.8) is 0 Å². The van der Waals surface area contributed by atoms with Crippen LogP contribution in [0.15, 0.2) is 64.7 Å². The Balaban J connectivity index is 1.58. The van der Waals surface area contributed by atoms with E-state index in [1.165, 1.54) is 24.8 Å². The van der Waals surface area contributed by atoms with E-state index in [0.717, 1.165) is 41.9 Å². The highest BCUT2D eigenvalue weighted by molar-refractivity contribution is 6.32. The molecule has 28 heavy (non-hydrogen) atoms. The Morgan fingerprint density at radius 2 is 1.68 bits per heavy atom. The summed E-state index contributed by atoms with van der Waals surface area (Å²) in [7, 11) is 0. The Kier molecular flexibility index (Phi) is 4.15. The first-order valence-electron chi connectivity index (χ1n) is 10.3. The highest BCUT2D eigenvalue weighted by Gasteiger charge is 2.44. The van der Waals surface area contributed by atoms with Crippen LogP contribution in [0.5, 0.6) is 0 Å². The molecule has 4 nitrogen and oxygen atoms in total. The number of hydrogen-bond acceptors (Lipinski definition) is 3. The van der Waals surface area contributed by atoms with Gasteiger partial charge in [-0.05, 0) is 43.9 Å². The van der Waals surface area contributed by atoms with Crippen molar-refractivity contribution < 1.29 is 4.79 Å². The van der Waals surface area contributed by atoms with Gasteiger partial charge in [0.1, 0.15) is 5.92 Å². The van der Waals surface area contributed by atoms with Crippen LogP contribution in [-0.2, 0) is 11.2 Å². The molecule has 1 atom stereocenters. The van der Waals surface area contributed by atoms with Gasteiger partial charge in [0.2, 0.25) is 0 Å². The minimum absolute atomic E-state index is 0.00473. The van der Waals surface area contributed by atoms with E-state index in [1.54, 1.807) is 5.01 Å². The zero-order chi connectivity index (χ0) is 19.1. The number of anilines is 1. The van der Waals surface area contributed by atoms with Crippen molar-refractivity contribution in [1.82, 2.24) is 0 Å². The van der Waals surface area contributed by atoms with Crippen molar-refractivity contribution in [2.75, 3.05) is 5.01 Å². The number of fused-ring (bicyclic) bond motifs is 1. The summed E-state index contributed by atoms with van der Waals surface area (Å²) in [5, 5.41) is 6.17. The van der Waals surface area contributed by atoms with Crippen LogP contribution in [0, 0.1) is 5.92 Å². The lowest BCUT2D eigenvalue weighted by Gasteiger charge is -2.39. The molecule has 4 heteroatoms. The maximum Gasteiger partial charge on any atom is 0.262 e. The lowest BCUT2D eigenvalue weighted by molar-refractivity contribution is -0.118. The van der Waals surface area contributed by atoms with Gasteiger partial charge >= 0.3 is 0 Å². The van der Waals surface area contributed by atoms with E-state index in [2.05, 4.69) is 23.3 Å². The third-order valence-electron chi connectivity index (χ3n) is 6.36. The van der Waals surface area contributed by atoms with E-state index < -0.39 is 0 Å². The van der Waals surface area contributed by atoms with E-state index in [-0.39, 0.29) is 17.4 Å². The van der Waals surface area contributed by atoms with Crippen LogP contribution in [0.3, 0.4) is 0 Å². The fourth-order valence-corrected chi connectivity index (χ4v) is 4.99. The molecule has 3 aliphatic rings. The van der Waals surface area contributed by atoms with Gasteiger partial charge in [0.25, 0.3) is 5.91 Å². The maximum absolute atomic E-state index is 13.4. The fraction of sp³-hybridized carbons (Fsp3) is 0.375. The minimum Gasteiger partial charge on any atom is -0.281 e. The average molecular weight is 371 g/mol. The predicted molar refractivity (Wildman–Crippen MR) is 113 cm³/mol. The SMILES string of the molecule is CC1=NN(c2ccccc2)C(=O)[C@@H]1C1=NC2(CCCCC2)Cc2ccccc21. The second kappa shape index (κ2) is 6.69. The summed E-state index contributed by atoms with van der Waals surface area (Å²) >= 11 is 0. The summed E-state index contributed by atoms with van der Waals surface area (Å²) in [6, 6.07) is 18.2. The molecule has 1 amide bonds. The van der Waals surface area contributed by atoms with Crippen molar-refractivity contribution in [2.24, 2.45) is 16.0 Å². The van der Waals surface area contributed by atoms with Gasteiger partial charge in [0, 0.05) is 5.56 Å². The summed E-state index contributed by atoms with van der Waals surface area (Å²) in [4.78, 5) is 18.7. The molecule has 0 N–H and O–H groups in total. The summed E-state index contributed by atoms with van der Waals surface area (Å²) < 4.78 is 0. The number of amides is 1. The van der Waals surface area contributed by atoms with Crippen LogP contribution < -0.4 is 5.01 Å². The van der Waals surface area contributed by atoms with Gasteiger partial charge in [-0.1, -0.05) is 61.7 Å². The third kappa shape index (κ3) is 2.79. The zero-order valence-electron chi connectivity index (χ0n) is 16.3. The van der Waals surface area contributed by atoms with Crippen molar-refractivity contribution >= 4 is 23.0 Å². The van der Waals surface area contributed by atoms with E-state index in [0.29, 0.717) is 0 Å². The Labute approximate surface area is 166 Å². The van der Waals surface area contributed by atoms with E-state index in [9.17, 15) is 4.79 Å². The van der Waals surface area contributed by atoms with Crippen LogP contribution in [0.1, 0.15) is 50.2 Å². The minimum atomic E-state index is -0.388. The smallest absolute Gasteiger partial charge is 0.262 e. The molecule has 0 radical (unpaired) electrons. The largest absolute Gasteiger partial charge is 0.281 e. The molecule has 0 saturated heterocycles. The van der Waals surface area contributed by atoms with E-state index in [4.69, 9.17) is 4.99 Å². The van der Waals surface area contributed by atoms with Gasteiger partial charge in [-0.2, -0.15) is 10.1 Å². The second-order valence-electron chi connectivity index (χ2n) is 8.28. The molecular weight excluding hydrogens is 346 g/mol. The molecule has 0 unspecified atom stereocenters. The van der Waals surface area contributed by atoms with Crippen molar-refractivity contribution in [3.8, 4) is 0 Å². The topological polar surface area (TPSA) is 45.0 Å². The number of hydrazone groups is 1. The Morgan fingerprint density at radius 1 is 0.964 bits per heavy atom. The number of aliphatic imine (C=N–C) groups is 1. The molecule has 2 aromatic rings. The Hall–Kier alpha value is -2.75. The molecule has 2 aromatic carbocycles. The van der Waals surface area contributed by atoms with Crippen LogP contribution in [0.4, 0.5) is 5.69 Å². The fourth-order valence-electron chi connectivity index (χ4n) is 4.99. The zero-order valence-corrected chi connectivity index (χ0v) is 16.3. The molecule has 5 rings (SSSR count). The number of para-hydroxylation sites is 1. The molecule has 1 fully saturated rings. The number of carbonyl (C=O) groups excluding carboxylic acids is 1. The third-order valence-corrected chi connectivity index (χ3v) is 6.36. The van der Waals surface area contributed by atoms with Gasteiger partial charge in [-0.25, -0.2) is 0 Å². The Bertz CT molecular complexity index is 970. The molecule has 2 aliphatic heterocycles. The Morgan fingerprint density at radius 3 is 2.46 bits per heavy atom. The van der Waals surface area contributed by atoms with Gasteiger partial charge in [0.05, 0.1) is 22.6 Å². The maximum atomic E-state index is 13.4. The average Bonchev–Trinajstić information content (AvgIpc) is 3.02. The highest BCUT2D eigenvalue weighted by atomic mass is 16.2. The van der Waals surface area contributed by atoms with Crippen LogP contribution in [-0.4, -0.2) is 22.9 Å². The van der Waals surface area contributed by atoms with Gasteiger partial charge < -0.3 is 0 Å². The van der Waals surface area contributed by atoms with Crippen molar-refractivity contribution in [2.45, 2.75) is 51.0 Å². The number of rotatable bonds is 2. The first-order chi connectivity index (χ1) is 13.7. The molecule has 1 aliphatic carbocycles. The number of nitrogens with zero attached hydrogens (tertiary/aromatic N) is 3. The van der Waals surface area contributed by atoms with Gasteiger partial charge in [-0.3, -0.25) is 9.79 Å². The molecule has 2 heterocycles. The van der Waals surface area contributed by atoms with Gasteiger partial charge in [0.15, 0.2) is 0 Å². The first-order valence-corrected chi connectivity index (χ1v) is 10.3. The molecule has 1 spiro atoms. The lowest BCUT2D eigenvalue weighted by Crippen LogP contribution is -2.42. The summed E-state index contributed by atoms with van der Waals surface area (Å²) in [5.74, 6) is -0.384. The molecule has 0 bridgehead atoms. The molecular formula is C24H25N3O. The van der Waals surface area contributed by atoms with Gasteiger partial charge in [-0.15, -0.1) is 0 Å². The first kappa shape index (κ1) is 17.4. The van der Waals surface area contributed by atoms with E-state index >= 15 is 0 Å². The quantitative estimate of drug-likeness (QED) is 0.750. The highest BCUT2D eigenvalue weighted by Crippen LogP contribution is 2.41.